The highest BCUT2D eigenvalue weighted by atomic mass is 16.5. The topological polar surface area (TPSA) is 134 Å². The van der Waals surface area contributed by atoms with Crippen LogP contribution in [0.2, 0.25) is 0 Å². The number of hydrogen-bond acceptors (Lipinski definition) is 5. The maximum atomic E-state index is 13.3. The van der Waals surface area contributed by atoms with Gasteiger partial charge in [-0.1, -0.05) is 36.4 Å². The van der Waals surface area contributed by atoms with E-state index in [4.69, 9.17) is 5.84 Å². The predicted molar refractivity (Wildman–Crippen MR) is 117 cm³/mol. The van der Waals surface area contributed by atoms with Gasteiger partial charge in [0.15, 0.2) is 0 Å². The molecule has 1 aliphatic heterocycles. The van der Waals surface area contributed by atoms with Crippen molar-refractivity contribution in [3.63, 3.8) is 0 Å². The van der Waals surface area contributed by atoms with E-state index in [0.717, 1.165) is 0 Å². The van der Waals surface area contributed by atoms with E-state index in [1.54, 1.807) is 74.5 Å². The molecule has 0 bridgehead atoms. The molecule has 0 spiro atoms. The Bertz CT molecular complexity index is 937. The lowest BCUT2D eigenvalue weighted by atomic mass is 9.99. The normalized spacial score (nSPS) is 17.4. The van der Waals surface area contributed by atoms with Crippen LogP contribution in [0.15, 0.2) is 60.7 Å². The van der Waals surface area contributed by atoms with E-state index in [9.17, 15) is 19.6 Å². The largest absolute Gasteiger partial charge is 0.753 e. The molecule has 0 saturated carbocycles. The Hall–Kier alpha value is -3.63. The SMILES string of the molecule is CC1(C)[C@@H](N([O-])C(=O)Nc2ccccc2)N(c2ccccc2)C(=O)N1CCC(=O)NN. The molecule has 3 rings (SSSR count). The first kappa shape index (κ1) is 22.1. The molecule has 31 heavy (non-hydrogen) atoms. The maximum absolute atomic E-state index is 13.3. The minimum Gasteiger partial charge on any atom is -0.753 e. The fourth-order valence-electron chi connectivity index (χ4n) is 3.65. The van der Waals surface area contributed by atoms with Gasteiger partial charge in [0, 0.05) is 24.3 Å². The molecular weight excluding hydrogens is 400 g/mol. The third kappa shape index (κ3) is 4.44. The summed E-state index contributed by atoms with van der Waals surface area (Å²) in [6.07, 6.45) is -1.22. The average Bonchev–Trinajstić information content (AvgIpc) is 2.97. The summed E-state index contributed by atoms with van der Waals surface area (Å²) in [5.41, 5.74) is 1.85. The van der Waals surface area contributed by atoms with Gasteiger partial charge >= 0.3 is 12.1 Å². The molecule has 4 N–H and O–H groups in total. The van der Waals surface area contributed by atoms with Crippen molar-refractivity contribution >= 4 is 29.3 Å². The maximum Gasteiger partial charge on any atom is 0.326 e. The summed E-state index contributed by atoms with van der Waals surface area (Å²) < 4.78 is 0. The third-order valence-electron chi connectivity index (χ3n) is 5.21. The molecule has 10 nitrogen and oxygen atoms in total. The molecule has 0 aliphatic carbocycles. The van der Waals surface area contributed by atoms with Crippen LogP contribution in [0.25, 0.3) is 0 Å². The molecule has 10 heteroatoms. The minimum atomic E-state index is -1.17. The summed E-state index contributed by atoms with van der Waals surface area (Å²) in [6.45, 7) is 3.39. The molecule has 1 fully saturated rings. The summed E-state index contributed by atoms with van der Waals surface area (Å²) in [7, 11) is 0. The number of rotatable bonds is 6. The van der Waals surface area contributed by atoms with Crippen molar-refractivity contribution in [2.75, 3.05) is 16.8 Å². The van der Waals surface area contributed by atoms with Gasteiger partial charge in [-0.15, -0.1) is 0 Å². The molecule has 5 amide bonds. The fourth-order valence-corrected chi connectivity index (χ4v) is 3.65. The van der Waals surface area contributed by atoms with E-state index in [0.29, 0.717) is 11.4 Å². The lowest BCUT2D eigenvalue weighted by Crippen LogP contribution is -2.57. The molecule has 1 aliphatic rings. The van der Waals surface area contributed by atoms with Gasteiger partial charge < -0.3 is 20.5 Å². The quantitative estimate of drug-likeness (QED) is 0.371. The molecule has 0 unspecified atom stereocenters. The zero-order valence-corrected chi connectivity index (χ0v) is 17.3. The third-order valence-corrected chi connectivity index (χ3v) is 5.21. The number of urea groups is 2. The number of anilines is 2. The van der Waals surface area contributed by atoms with Gasteiger partial charge in [0.2, 0.25) is 5.91 Å². The monoisotopic (exact) mass is 425 g/mol. The van der Waals surface area contributed by atoms with Crippen LogP contribution in [-0.4, -0.2) is 46.2 Å². The van der Waals surface area contributed by atoms with Crippen LogP contribution in [-0.2, 0) is 4.79 Å². The van der Waals surface area contributed by atoms with Crippen LogP contribution < -0.4 is 21.5 Å². The smallest absolute Gasteiger partial charge is 0.326 e. The van der Waals surface area contributed by atoms with Crippen LogP contribution in [0.5, 0.6) is 0 Å². The molecule has 0 radical (unpaired) electrons. The van der Waals surface area contributed by atoms with Crippen molar-refractivity contribution < 1.29 is 14.4 Å². The number of hydroxylamine groups is 2. The van der Waals surface area contributed by atoms with Crippen molar-refractivity contribution in [3.8, 4) is 0 Å². The minimum absolute atomic E-state index is 0.0306. The Balaban J connectivity index is 1.94. The summed E-state index contributed by atoms with van der Waals surface area (Å²) in [5.74, 6) is 4.70. The van der Waals surface area contributed by atoms with Gasteiger partial charge in [0.05, 0.1) is 5.54 Å². The second kappa shape index (κ2) is 9.02. The van der Waals surface area contributed by atoms with Crippen LogP contribution in [0.3, 0.4) is 0 Å². The number of hydrogen-bond donors (Lipinski definition) is 3. The van der Waals surface area contributed by atoms with E-state index >= 15 is 0 Å². The number of para-hydroxylation sites is 2. The van der Waals surface area contributed by atoms with Crippen molar-refractivity contribution in [2.45, 2.75) is 32.0 Å². The van der Waals surface area contributed by atoms with Gasteiger partial charge in [-0.25, -0.2) is 15.4 Å². The number of benzene rings is 2. The number of hydrazine groups is 1. The molecule has 1 atom stereocenters. The molecule has 1 saturated heterocycles. The average molecular weight is 425 g/mol. The van der Waals surface area contributed by atoms with Crippen LogP contribution in [0, 0.1) is 5.21 Å². The summed E-state index contributed by atoms with van der Waals surface area (Å²) in [6, 6.07) is 15.8. The van der Waals surface area contributed by atoms with Crippen molar-refractivity contribution in [2.24, 2.45) is 5.84 Å². The molecule has 164 valence electrons. The predicted octanol–water partition coefficient (Wildman–Crippen LogP) is 2.45. The number of carbonyl (C=O) groups excluding carboxylic acids is 3. The van der Waals surface area contributed by atoms with Gasteiger partial charge in [-0.2, -0.15) is 0 Å². The molecule has 2 aromatic rings. The summed E-state index contributed by atoms with van der Waals surface area (Å²) in [4.78, 5) is 40.4. The van der Waals surface area contributed by atoms with Crippen LogP contribution in [0.4, 0.5) is 21.0 Å². The Kier molecular flexibility index (Phi) is 6.42. The lowest BCUT2D eigenvalue weighted by Gasteiger charge is -2.45. The second-order valence-corrected chi connectivity index (χ2v) is 7.61. The zero-order valence-electron chi connectivity index (χ0n) is 17.3. The van der Waals surface area contributed by atoms with Crippen molar-refractivity contribution in [3.05, 3.63) is 65.9 Å². The zero-order chi connectivity index (χ0) is 22.6. The Morgan fingerprint density at radius 3 is 2.26 bits per heavy atom. The molecule has 1 heterocycles. The first-order valence-corrected chi connectivity index (χ1v) is 9.75. The number of carbonyl (C=O) groups is 3. The second-order valence-electron chi connectivity index (χ2n) is 7.61. The summed E-state index contributed by atoms with van der Waals surface area (Å²) >= 11 is 0. The van der Waals surface area contributed by atoms with E-state index in [-0.39, 0.29) is 18.0 Å². The number of amides is 5. The van der Waals surface area contributed by atoms with Gasteiger partial charge in [0.1, 0.15) is 6.17 Å². The standard InChI is InChI=1S/C21H25N6O4/c1-21(2)18(27(31)19(29)23-15-9-5-3-6-10-15)26(16-11-7-4-8-12-16)20(30)25(21)14-13-17(28)24-22/h3-12,18H,13-14,22H2,1-2H3,(H,23,29)(H,24,28)/q-1/t18-/m1/s1. The Morgan fingerprint density at radius 1 is 1.10 bits per heavy atom. The van der Waals surface area contributed by atoms with Gasteiger partial charge in [0.25, 0.3) is 0 Å². The number of nitrogens with one attached hydrogen (secondary N) is 2. The van der Waals surface area contributed by atoms with E-state index in [2.05, 4.69) is 5.32 Å². The van der Waals surface area contributed by atoms with Crippen LogP contribution >= 0.6 is 0 Å². The van der Waals surface area contributed by atoms with Crippen molar-refractivity contribution in [1.29, 1.82) is 0 Å². The molecular formula is C21H25N6O4-. The molecule has 0 aromatic heterocycles. The van der Waals surface area contributed by atoms with Crippen molar-refractivity contribution in [1.82, 2.24) is 15.4 Å². The van der Waals surface area contributed by atoms with E-state index < -0.39 is 29.7 Å². The van der Waals surface area contributed by atoms with E-state index in [1.807, 2.05) is 5.43 Å². The Labute approximate surface area is 180 Å². The summed E-state index contributed by atoms with van der Waals surface area (Å²) in [5, 5.41) is 16.0. The number of nitrogens with two attached hydrogens (primary N) is 1. The van der Waals surface area contributed by atoms with Gasteiger partial charge in [-0.05, 0) is 38.1 Å². The lowest BCUT2D eigenvalue weighted by molar-refractivity contribution is -0.121. The molecule has 2 aromatic carbocycles. The highest BCUT2D eigenvalue weighted by molar-refractivity contribution is 5.98. The highest BCUT2D eigenvalue weighted by Gasteiger charge is 2.53. The van der Waals surface area contributed by atoms with Gasteiger partial charge in [-0.3, -0.25) is 15.1 Å². The number of nitrogens with zero attached hydrogens (tertiary/aromatic N) is 3. The fraction of sp³-hybridized carbons (Fsp3) is 0.286. The highest BCUT2D eigenvalue weighted by Crippen LogP contribution is 2.38. The first-order chi connectivity index (χ1) is 14.8. The first-order valence-electron chi connectivity index (χ1n) is 9.75. The Morgan fingerprint density at radius 2 is 1.68 bits per heavy atom. The van der Waals surface area contributed by atoms with Crippen LogP contribution in [0.1, 0.15) is 20.3 Å². The van der Waals surface area contributed by atoms with E-state index in [1.165, 1.54) is 9.80 Å².